The fourth-order valence-corrected chi connectivity index (χ4v) is 2.55. The lowest BCUT2D eigenvalue weighted by Crippen LogP contribution is -2.21. The van der Waals surface area contributed by atoms with Crippen LogP contribution >= 0.6 is 23.2 Å². The van der Waals surface area contributed by atoms with Gasteiger partial charge in [0, 0.05) is 30.2 Å². The van der Waals surface area contributed by atoms with Gasteiger partial charge in [-0.25, -0.2) is 0 Å². The number of nitrogens with zero attached hydrogens (tertiary/aromatic N) is 1. The van der Waals surface area contributed by atoms with Crippen molar-refractivity contribution in [3.63, 3.8) is 0 Å². The fourth-order valence-electron chi connectivity index (χ4n) is 2.14. The van der Waals surface area contributed by atoms with E-state index < -0.39 is 0 Å². The molecule has 88 valence electrons. The maximum atomic E-state index is 5.96. The van der Waals surface area contributed by atoms with E-state index in [9.17, 15) is 0 Å². The lowest BCUT2D eigenvalue weighted by Gasteiger charge is -2.22. The number of hydrogen-bond donors (Lipinski definition) is 0. The standard InChI is InChI=1S/C13H17Cl2N/c1-9-5-11(9)8-16(2)13-4-3-12(15)6-10(13)7-14/h3-4,6,9,11H,5,7-8H2,1-2H3. The quantitative estimate of drug-likeness (QED) is 0.732. The first-order valence-corrected chi connectivity index (χ1v) is 6.58. The Hall–Kier alpha value is -0.400. The van der Waals surface area contributed by atoms with Crippen LogP contribution in [0.4, 0.5) is 5.69 Å². The molecule has 0 bridgehead atoms. The Morgan fingerprint density at radius 2 is 2.12 bits per heavy atom. The summed E-state index contributed by atoms with van der Waals surface area (Å²) < 4.78 is 0. The van der Waals surface area contributed by atoms with Gasteiger partial charge >= 0.3 is 0 Å². The normalized spacial score (nSPS) is 23.2. The highest BCUT2D eigenvalue weighted by Gasteiger charge is 2.33. The van der Waals surface area contributed by atoms with E-state index in [0.29, 0.717) is 5.88 Å². The molecule has 3 heteroatoms. The number of anilines is 1. The molecule has 0 aromatic heterocycles. The van der Waals surface area contributed by atoms with E-state index in [1.807, 2.05) is 12.1 Å². The van der Waals surface area contributed by atoms with Gasteiger partial charge in [-0.05, 0) is 42.0 Å². The second-order valence-corrected chi connectivity index (χ2v) is 5.46. The lowest BCUT2D eigenvalue weighted by atomic mass is 10.1. The lowest BCUT2D eigenvalue weighted by molar-refractivity contribution is 0.724. The van der Waals surface area contributed by atoms with Crippen molar-refractivity contribution in [1.29, 1.82) is 0 Å². The zero-order valence-corrected chi connectivity index (χ0v) is 11.2. The zero-order chi connectivity index (χ0) is 11.7. The Morgan fingerprint density at radius 3 is 2.69 bits per heavy atom. The molecule has 0 aliphatic heterocycles. The molecule has 0 N–H and O–H groups in total. The van der Waals surface area contributed by atoms with E-state index in [4.69, 9.17) is 23.2 Å². The molecule has 0 saturated heterocycles. The Labute approximate surface area is 107 Å². The number of rotatable bonds is 4. The summed E-state index contributed by atoms with van der Waals surface area (Å²) in [5.41, 5.74) is 2.32. The molecule has 1 aliphatic rings. The predicted octanol–water partition coefficient (Wildman–Crippen LogP) is 4.17. The van der Waals surface area contributed by atoms with Gasteiger partial charge in [0.15, 0.2) is 0 Å². The van der Waals surface area contributed by atoms with Gasteiger partial charge in [-0.1, -0.05) is 18.5 Å². The van der Waals surface area contributed by atoms with E-state index in [-0.39, 0.29) is 0 Å². The van der Waals surface area contributed by atoms with Crippen LogP contribution in [0.3, 0.4) is 0 Å². The maximum Gasteiger partial charge on any atom is 0.0495 e. The average molecular weight is 258 g/mol. The second-order valence-electron chi connectivity index (χ2n) is 4.76. The predicted molar refractivity (Wildman–Crippen MR) is 71.6 cm³/mol. The minimum Gasteiger partial charge on any atom is -0.374 e. The van der Waals surface area contributed by atoms with Crippen molar-refractivity contribution in [1.82, 2.24) is 0 Å². The number of halogens is 2. The molecule has 1 saturated carbocycles. The number of alkyl halides is 1. The zero-order valence-electron chi connectivity index (χ0n) is 9.71. The minimum atomic E-state index is 0.514. The third-order valence-corrected chi connectivity index (χ3v) is 3.90. The van der Waals surface area contributed by atoms with Gasteiger partial charge < -0.3 is 4.90 Å². The summed E-state index contributed by atoms with van der Waals surface area (Å²) >= 11 is 11.9. The minimum absolute atomic E-state index is 0.514. The Morgan fingerprint density at radius 1 is 1.44 bits per heavy atom. The molecule has 0 amide bonds. The smallest absolute Gasteiger partial charge is 0.0495 e. The van der Waals surface area contributed by atoms with Crippen LogP contribution in [-0.4, -0.2) is 13.6 Å². The van der Waals surface area contributed by atoms with Crippen molar-refractivity contribution in [2.75, 3.05) is 18.5 Å². The maximum absolute atomic E-state index is 5.96. The van der Waals surface area contributed by atoms with E-state index in [2.05, 4.69) is 24.9 Å². The van der Waals surface area contributed by atoms with Gasteiger partial charge in [0.25, 0.3) is 0 Å². The molecule has 1 aliphatic carbocycles. The highest BCUT2D eigenvalue weighted by molar-refractivity contribution is 6.30. The van der Waals surface area contributed by atoms with E-state index >= 15 is 0 Å². The molecule has 2 rings (SSSR count). The molecule has 16 heavy (non-hydrogen) atoms. The Balaban J connectivity index is 2.12. The molecule has 2 unspecified atom stereocenters. The van der Waals surface area contributed by atoms with Crippen LogP contribution in [0.5, 0.6) is 0 Å². The molecule has 1 aromatic carbocycles. The van der Waals surface area contributed by atoms with Crippen LogP contribution in [0.15, 0.2) is 18.2 Å². The van der Waals surface area contributed by atoms with Crippen LogP contribution in [0.25, 0.3) is 0 Å². The van der Waals surface area contributed by atoms with Crippen LogP contribution in [0.2, 0.25) is 5.02 Å². The molecule has 1 aromatic rings. The van der Waals surface area contributed by atoms with Crippen LogP contribution in [-0.2, 0) is 5.88 Å². The van der Waals surface area contributed by atoms with Gasteiger partial charge in [0.05, 0.1) is 0 Å². The highest BCUT2D eigenvalue weighted by Crippen LogP contribution is 2.39. The third kappa shape index (κ3) is 2.64. The number of hydrogen-bond acceptors (Lipinski definition) is 1. The summed E-state index contributed by atoms with van der Waals surface area (Å²) in [4.78, 5) is 2.29. The van der Waals surface area contributed by atoms with Crippen LogP contribution < -0.4 is 4.90 Å². The third-order valence-electron chi connectivity index (χ3n) is 3.38. The van der Waals surface area contributed by atoms with Crippen molar-refractivity contribution >= 4 is 28.9 Å². The summed E-state index contributed by atoms with van der Waals surface area (Å²) in [6.45, 7) is 3.43. The first-order chi connectivity index (χ1) is 7.61. The van der Waals surface area contributed by atoms with Crippen molar-refractivity contribution in [2.24, 2.45) is 11.8 Å². The van der Waals surface area contributed by atoms with Crippen LogP contribution in [0.1, 0.15) is 18.9 Å². The van der Waals surface area contributed by atoms with Crippen molar-refractivity contribution in [3.8, 4) is 0 Å². The van der Waals surface area contributed by atoms with Gasteiger partial charge in [-0.3, -0.25) is 0 Å². The van der Waals surface area contributed by atoms with Crippen LogP contribution in [0, 0.1) is 11.8 Å². The molecular weight excluding hydrogens is 241 g/mol. The van der Waals surface area contributed by atoms with Crippen molar-refractivity contribution < 1.29 is 0 Å². The Kier molecular flexibility index (Phi) is 3.66. The number of benzene rings is 1. The molecule has 0 radical (unpaired) electrons. The first-order valence-electron chi connectivity index (χ1n) is 5.67. The summed E-state index contributed by atoms with van der Waals surface area (Å²) in [5.74, 6) is 2.25. The summed E-state index contributed by atoms with van der Waals surface area (Å²) in [6.07, 6.45) is 1.36. The van der Waals surface area contributed by atoms with Gasteiger partial charge in [0.1, 0.15) is 0 Å². The van der Waals surface area contributed by atoms with E-state index in [0.717, 1.165) is 29.0 Å². The van der Waals surface area contributed by atoms with E-state index in [1.54, 1.807) is 0 Å². The van der Waals surface area contributed by atoms with Gasteiger partial charge in [-0.2, -0.15) is 0 Å². The highest BCUT2D eigenvalue weighted by atomic mass is 35.5. The molecule has 0 spiro atoms. The molecule has 1 fully saturated rings. The fraction of sp³-hybridized carbons (Fsp3) is 0.538. The molecular formula is C13H17Cl2N. The largest absolute Gasteiger partial charge is 0.374 e. The monoisotopic (exact) mass is 257 g/mol. The van der Waals surface area contributed by atoms with Gasteiger partial charge in [-0.15, -0.1) is 11.6 Å². The summed E-state index contributed by atoms with van der Waals surface area (Å²) in [5, 5.41) is 0.757. The summed E-state index contributed by atoms with van der Waals surface area (Å²) in [6, 6.07) is 5.95. The molecule has 1 nitrogen and oxygen atoms in total. The average Bonchev–Trinajstić information content (AvgIpc) is 2.93. The van der Waals surface area contributed by atoms with E-state index in [1.165, 1.54) is 12.1 Å². The van der Waals surface area contributed by atoms with Crippen molar-refractivity contribution in [3.05, 3.63) is 28.8 Å². The second kappa shape index (κ2) is 4.85. The SMILES string of the molecule is CC1CC1CN(C)c1ccc(Cl)cc1CCl. The first kappa shape index (κ1) is 12.1. The van der Waals surface area contributed by atoms with Crippen molar-refractivity contribution in [2.45, 2.75) is 19.2 Å². The Bertz CT molecular complexity index is 378. The topological polar surface area (TPSA) is 3.24 Å². The molecule has 2 atom stereocenters. The molecule has 0 heterocycles. The summed E-state index contributed by atoms with van der Waals surface area (Å²) in [7, 11) is 2.13. The van der Waals surface area contributed by atoms with Gasteiger partial charge in [0.2, 0.25) is 0 Å².